The van der Waals surface area contributed by atoms with Crippen LogP contribution in [0.2, 0.25) is 5.02 Å². The number of hydrogen-bond acceptors (Lipinski definition) is 4. The fourth-order valence-corrected chi connectivity index (χ4v) is 5.13. The summed E-state index contributed by atoms with van der Waals surface area (Å²) in [6.07, 6.45) is 0. The predicted octanol–water partition coefficient (Wildman–Crippen LogP) is 2.68. The molecule has 0 saturated carbocycles. The van der Waals surface area contributed by atoms with Gasteiger partial charge in [0.2, 0.25) is 0 Å². The molecule has 0 aliphatic carbocycles. The first-order valence-corrected chi connectivity index (χ1v) is 11.1. The molecule has 1 heterocycles. The van der Waals surface area contributed by atoms with Gasteiger partial charge in [0.1, 0.15) is 6.04 Å². The van der Waals surface area contributed by atoms with Crippen molar-refractivity contribution in [3.63, 3.8) is 0 Å². The molecule has 0 aromatic heterocycles. The molecule has 0 spiro atoms. The second kappa shape index (κ2) is 9.13. The van der Waals surface area contributed by atoms with Gasteiger partial charge < -0.3 is 10.0 Å². The summed E-state index contributed by atoms with van der Waals surface area (Å²) in [7, 11) is -3.94. The zero-order chi connectivity index (χ0) is 21.0. The summed E-state index contributed by atoms with van der Waals surface area (Å²) in [5, 5.41) is 10.1. The lowest BCUT2D eigenvalue weighted by Gasteiger charge is -2.38. The fraction of sp³-hybridized carbons (Fsp3) is 0.350. The molecule has 2 aromatic carbocycles. The van der Waals surface area contributed by atoms with Crippen LogP contribution in [-0.4, -0.2) is 60.3 Å². The van der Waals surface area contributed by atoms with Crippen molar-refractivity contribution in [2.75, 3.05) is 31.1 Å². The monoisotopic (exact) mass is 437 g/mol. The molecule has 0 amide bonds. The number of anilines is 1. The van der Waals surface area contributed by atoms with E-state index in [1.165, 1.54) is 11.2 Å². The summed E-state index contributed by atoms with van der Waals surface area (Å²) in [5.74, 6) is -1.18. The van der Waals surface area contributed by atoms with E-state index in [4.69, 9.17) is 11.6 Å². The average Bonchev–Trinajstić information content (AvgIpc) is 2.73. The number of hydrogen-bond donors (Lipinski definition) is 1. The smallest absolute Gasteiger partial charge is 0.321 e. The van der Waals surface area contributed by atoms with Crippen molar-refractivity contribution in [1.29, 1.82) is 0 Å². The first-order valence-electron chi connectivity index (χ1n) is 9.33. The third-order valence-corrected chi connectivity index (χ3v) is 7.33. The van der Waals surface area contributed by atoms with Crippen molar-refractivity contribution in [1.82, 2.24) is 8.61 Å². The van der Waals surface area contributed by atoms with Gasteiger partial charge in [-0.25, -0.2) is 0 Å². The van der Waals surface area contributed by atoms with E-state index in [2.05, 4.69) is 4.90 Å². The zero-order valence-corrected chi connectivity index (χ0v) is 17.7. The Labute approximate surface area is 176 Å². The third kappa shape index (κ3) is 5.08. The van der Waals surface area contributed by atoms with Gasteiger partial charge >= 0.3 is 5.97 Å². The third-order valence-electron chi connectivity index (χ3n) is 5.02. The minimum atomic E-state index is -3.94. The molecule has 1 aliphatic rings. The molecule has 0 bridgehead atoms. The van der Waals surface area contributed by atoms with Crippen LogP contribution in [0.5, 0.6) is 0 Å². The summed E-state index contributed by atoms with van der Waals surface area (Å²) in [6.45, 7) is 3.00. The molecule has 29 heavy (non-hydrogen) atoms. The summed E-state index contributed by atoms with van der Waals surface area (Å²) in [6, 6.07) is 15.2. The Balaban J connectivity index is 1.76. The number of benzene rings is 2. The normalized spacial score (nSPS) is 16.7. The van der Waals surface area contributed by atoms with E-state index in [1.54, 1.807) is 36.4 Å². The SMILES string of the molecule is C[C@H](C(=O)O)N(Cc1ccccc1)S(=O)(=O)N1CCN(c2ccc(Cl)cc2)CC1. The lowest BCUT2D eigenvalue weighted by molar-refractivity contribution is -0.141. The molecule has 0 unspecified atom stereocenters. The maximum atomic E-state index is 13.3. The van der Waals surface area contributed by atoms with E-state index in [1.807, 2.05) is 18.2 Å². The molecule has 1 saturated heterocycles. The average molecular weight is 438 g/mol. The minimum absolute atomic E-state index is 0.00797. The van der Waals surface area contributed by atoms with E-state index in [9.17, 15) is 18.3 Å². The van der Waals surface area contributed by atoms with Gasteiger partial charge in [0.25, 0.3) is 10.2 Å². The summed E-state index contributed by atoms with van der Waals surface area (Å²) >= 11 is 5.93. The lowest BCUT2D eigenvalue weighted by Crippen LogP contribution is -2.55. The van der Waals surface area contributed by atoms with Crippen LogP contribution in [0.15, 0.2) is 54.6 Å². The number of piperazine rings is 1. The summed E-state index contributed by atoms with van der Waals surface area (Å²) in [4.78, 5) is 13.7. The highest BCUT2D eigenvalue weighted by atomic mass is 35.5. The molecule has 3 rings (SSSR count). The molecule has 156 valence electrons. The topological polar surface area (TPSA) is 81.2 Å². The van der Waals surface area contributed by atoms with Crippen LogP contribution in [-0.2, 0) is 21.5 Å². The Morgan fingerprint density at radius 1 is 1.07 bits per heavy atom. The molecule has 7 nitrogen and oxygen atoms in total. The van der Waals surface area contributed by atoms with Crippen LogP contribution < -0.4 is 4.90 Å². The van der Waals surface area contributed by atoms with E-state index >= 15 is 0 Å². The predicted molar refractivity (Wildman–Crippen MR) is 113 cm³/mol. The Hall–Kier alpha value is -2.13. The van der Waals surface area contributed by atoms with Gasteiger partial charge in [-0.2, -0.15) is 17.0 Å². The highest BCUT2D eigenvalue weighted by Gasteiger charge is 2.37. The standard InChI is InChI=1S/C20H24ClN3O4S/c1-16(20(25)26)24(15-17-5-3-2-4-6-17)29(27,28)23-13-11-22(12-14-23)19-9-7-18(21)8-10-19/h2-10,16H,11-15H2,1H3,(H,25,26)/t16-/m1/s1. The van der Waals surface area contributed by atoms with Crippen molar-refractivity contribution in [3.05, 3.63) is 65.2 Å². The van der Waals surface area contributed by atoms with Crippen molar-refractivity contribution < 1.29 is 18.3 Å². The van der Waals surface area contributed by atoms with E-state index in [0.29, 0.717) is 18.1 Å². The van der Waals surface area contributed by atoms with Crippen LogP contribution >= 0.6 is 11.6 Å². The minimum Gasteiger partial charge on any atom is -0.480 e. The number of nitrogens with zero attached hydrogens (tertiary/aromatic N) is 3. The molecular formula is C20H24ClN3O4S. The van der Waals surface area contributed by atoms with Gasteiger partial charge in [-0.1, -0.05) is 41.9 Å². The van der Waals surface area contributed by atoms with Crippen molar-refractivity contribution in [2.24, 2.45) is 0 Å². The van der Waals surface area contributed by atoms with Crippen LogP contribution in [0.3, 0.4) is 0 Å². The Morgan fingerprint density at radius 2 is 1.66 bits per heavy atom. The highest BCUT2D eigenvalue weighted by Crippen LogP contribution is 2.23. The maximum Gasteiger partial charge on any atom is 0.321 e. The summed E-state index contributed by atoms with van der Waals surface area (Å²) < 4.78 is 29.0. The number of carboxylic acids is 1. The Kier molecular flexibility index (Phi) is 6.79. The number of carboxylic acid groups (broad SMARTS) is 1. The Bertz CT molecular complexity index is 930. The number of carbonyl (C=O) groups is 1. The Morgan fingerprint density at radius 3 is 2.21 bits per heavy atom. The van der Waals surface area contributed by atoms with Gasteiger partial charge in [-0.05, 0) is 36.8 Å². The maximum absolute atomic E-state index is 13.3. The molecule has 9 heteroatoms. The lowest BCUT2D eigenvalue weighted by atomic mass is 10.2. The quantitative estimate of drug-likeness (QED) is 0.720. The van der Waals surface area contributed by atoms with Gasteiger partial charge in [-0.15, -0.1) is 0 Å². The number of aliphatic carboxylic acids is 1. The molecule has 0 radical (unpaired) electrons. The molecule has 2 aromatic rings. The highest BCUT2D eigenvalue weighted by molar-refractivity contribution is 7.86. The molecule has 1 atom stereocenters. The number of halogens is 1. The largest absolute Gasteiger partial charge is 0.480 e. The van der Waals surface area contributed by atoms with E-state index in [0.717, 1.165) is 15.6 Å². The van der Waals surface area contributed by atoms with Crippen molar-refractivity contribution in [3.8, 4) is 0 Å². The van der Waals surface area contributed by atoms with Crippen LogP contribution in [0.25, 0.3) is 0 Å². The van der Waals surface area contributed by atoms with Crippen LogP contribution in [0.1, 0.15) is 12.5 Å². The van der Waals surface area contributed by atoms with Crippen LogP contribution in [0, 0.1) is 0 Å². The second-order valence-corrected chi connectivity index (χ2v) is 9.23. The second-order valence-electron chi connectivity index (χ2n) is 6.92. The first-order chi connectivity index (χ1) is 13.8. The van der Waals surface area contributed by atoms with Gasteiger partial charge in [0, 0.05) is 43.4 Å². The molecular weight excluding hydrogens is 414 g/mol. The van der Waals surface area contributed by atoms with E-state index < -0.39 is 22.2 Å². The van der Waals surface area contributed by atoms with E-state index in [-0.39, 0.29) is 19.6 Å². The van der Waals surface area contributed by atoms with Gasteiger partial charge in [-0.3, -0.25) is 4.79 Å². The molecule has 1 aliphatic heterocycles. The molecule has 1 N–H and O–H groups in total. The first kappa shape index (κ1) is 21.6. The molecule has 1 fully saturated rings. The zero-order valence-electron chi connectivity index (χ0n) is 16.1. The summed E-state index contributed by atoms with van der Waals surface area (Å²) in [5.41, 5.74) is 1.72. The van der Waals surface area contributed by atoms with Crippen molar-refractivity contribution >= 4 is 33.5 Å². The van der Waals surface area contributed by atoms with Crippen molar-refractivity contribution in [2.45, 2.75) is 19.5 Å². The number of rotatable bonds is 7. The van der Waals surface area contributed by atoms with Gasteiger partial charge in [0.15, 0.2) is 0 Å². The van der Waals surface area contributed by atoms with Crippen LogP contribution in [0.4, 0.5) is 5.69 Å². The fourth-order valence-electron chi connectivity index (χ4n) is 3.28. The van der Waals surface area contributed by atoms with Gasteiger partial charge in [0.05, 0.1) is 0 Å².